The van der Waals surface area contributed by atoms with Gasteiger partial charge in [0.05, 0.1) is 17.6 Å². The van der Waals surface area contributed by atoms with Crippen LogP contribution in [0.3, 0.4) is 0 Å². The zero-order chi connectivity index (χ0) is 13.2. The summed E-state index contributed by atoms with van der Waals surface area (Å²) in [7, 11) is -0.936. The summed E-state index contributed by atoms with van der Waals surface area (Å²) in [5.41, 5.74) is 5.47. The first-order valence-electron chi connectivity index (χ1n) is 6.71. The second-order valence-electron chi connectivity index (χ2n) is 5.64. The van der Waals surface area contributed by atoms with Gasteiger partial charge < -0.3 is 10.5 Å². The molecular weight excluding hydrogens is 252 g/mol. The fourth-order valence-corrected chi connectivity index (χ4v) is 5.10. The molecule has 18 heavy (non-hydrogen) atoms. The molecule has 2 atom stereocenters. The van der Waals surface area contributed by atoms with E-state index < -0.39 is 9.84 Å². The SMILES string of the molecule is CN(CC1CCCCO1)C1(CN)CCS(=O)(=O)C1. The minimum atomic E-state index is -2.91. The molecule has 2 fully saturated rings. The second-order valence-corrected chi connectivity index (χ2v) is 7.82. The van der Waals surface area contributed by atoms with E-state index in [-0.39, 0.29) is 23.1 Å². The summed E-state index contributed by atoms with van der Waals surface area (Å²) in [6.45, 7) is 2.01. The molecule has 2 aliphatic heterocycles. The monoisotopic (exact) mass is 276 g/mol. The molecule has 0 saturated carbocycles. The summed E-state index contributed by atoms with van der Waals surface area (Å²) >= 11 is 0. The lowest BCUT2D eigenvalue weighted by molar-refractivity contribution is -0.0186. The van der Waals surface area contributed by atoms with Crippen LogP contribution in [-0.4, -0.2) is 63.2 Å². The summed E-state index contributed by atoms with van der Waals surface area (Å²) < 4.78 is 29.1. The average Bonchev–Trinajstić information content (AvgIpc) is 2.68. The van der Waals surface area contributed by atoms with E-state index in [1.165, 1.54) is 6.42 Å². The minimum Gasteiger partial charge on any atom is -0.377 e. The lowest BCUT2D eigenvalue weighted by Crippen LogP contribution is -2.55. The van der Waals surface area contributed by atoms with Crippen LogP contribution in [0, 0.1) is 0 Å². The van der Waals surface area contributed by atoms with E-state index in [9.17, 15) is 8.42 Å². The van der Waals surface area contributed by atoms with Crippen LogP contribution < -0.4 is 5.73 Å². The average molecular weight is 276 g/mol. The van der Waals surface area contributed by atoms with Crippen molar-refractivity contribution in [2.75, 3.05) is 38.2 Å². The number of sulfone groups is 1. The molecule has 6 heteroatoms. The molecule has 0 aliphatic carbocycles. The molecule has 2 unspecified atom stereocenters. The Hall–Kier alpha value is -0.170. The Balaban J connectivity index is 1.99. The molecule has 2 heterocycles. The van der Waals surface area contributed by atoms with Crippen molar-refractivity contribution >= 4 is 9.84 Å². The summed E-state index contributed by atoms with van der Waals surface area (Å²) in [5, 5.41) is 0. The number of nitrogens with two attached hydrogens (primary N) is 1. The molecule has 5 nitrogen and oxygen atoms in total. The molecule has 0 radical (unpaired) electrons. The van der Waals surface area contributed by atoms with Gasteiger partial charge in [0, 0.05) is 25.2 Å². The van der Waals surface area contributed by atoms with Gasteiger partial charge in [-0.1, -0.05) is 0 Å². The molecule has 0 aromatic heterocycles. The lowest BCUT2D eigenvalue weighted by atomic mass is 9.96. The molecule has 2 rings (SSSR count). The molecule has 0 spiro atoms. The number of rotatable bonds is 4. The van der Waals surface area contributed by atoms with Gasteiger partial charge in [-0.15, -0.1) is 0 Å². The van der Waals surface area contributed by atoms with Crippen molar-refractivity contribution < 1.29 is 13.2 Å². The van der Waals surface area contributed by atoms with E-state index >= 15 is 0 Å². The minimum absolute atomic E-state index is 0.194. The quantitative estimate of drug-likeness (QED) is 0.782. The Morgan fingerprint density at radius 2 is 2.22 bits per heavy atom. The third-order valence-electron chi connectivity index (χ3n) is 4.31. The van der Waals surface area contributed by atoms with Gasteiger partial charge in [-0.3, -0.25) is 4.90 Å². The van der Waals surface area contributed by atoms with Gasteiger partial charge in [0.15, 0.2) is 9.84 Å². The van der Waals surface area contributed by atoms with Gasteiger partial charge in [-0.2, -0.15) is 0 Å². The van der Waals surface area contributed by atoms with E-state index in [1.54, 1.807) is 0 Å². The molecule has 2 N–H and O–H groups in total. The normalized spacial score (nSPS) is 36.1. The third kappa shape index (κ3) is 3.04. The first-order chi connectivity index (χ1) is 8.47. The molecule has 0 bridgehead atoms. The summed E-state index contributed by atoms with van der Waals surface area (Å²) in [5.74, 6) is 0.458. The van der Waals surface area contributed by atoms with Crippen molar-refractivity contribution in [3.8, 4) is 0 Å². The van der Waals surface area contributed by atoms with Crippen molar-refractivity contribution in [1.29, 1.82) is 0 Å². The van der Waals surface area contributed by atoms with Crippen LogP contribution in [0.15, 0.2) is 0 Å². The first kappa shape index (κ1) is 14.2. The van der Waals surface area contributed by atoms with Crippen molar-refractivity contribution in [3.05, 3.63) is 0 Å². The highest BCUT2D eigenvalue weighted by Crippen LogP contribution is 2.29. The number of nitrogens with zero attached hydrogens (tertiary/aromatic N) is 1. The van der Waals surface area contributed by atoms with E-state index in [2.05, 4.69) is 4.90 Å². The van der Waals surface area contributed by atoms with E-state index in [1.807, 2.05) is 7.05 Å². The molecule has 2 saturated heterocycles. The Morgan fingerprint density at radius 3 is 2.72 bits per heavy atom. The highest BCUT2D eigenvalue weighted by Gasteiger charge is 2.44. The van der Waals surface area contributed by atoms with Crippen LogP contribution in [-0.2, 0) is 14.6 Å². The van der Waals surface area contributed by atoms with Gasteiger partial charge in [0.2, 0.25) is 0 Å². The third-order valence-corrected chi connectivity index (χ3v) is 6.11. The molecule has 2 aliphatic rings. The van der Waals surface area contributed by atoms with Crippen molar-refractivity contribution in [3.63, 3.8) is 0 Å². The Labute approximate surface area is 110 Å². The molecule has 0 amide bonds. The standard InChI is InChI=1S/C12H24N2O3S/c1-14(8-11-4-2-3-6-17-11)12(9-13)5-7-18(15,16)10-12/h11H,2-10,13H2,1H3. The fourth-order valence-electron chi connectivity index (χ4n) is 2.97. The first-order valence-corrected chi connectivity index (χ1v) is 8.53. The summed E-state index contributed by atoms with van der Waals surface area (Å²) in [6.07, 6.45) is 4.28. The molecule has 106 valence electrons. The van der Waals surface area contributed by atoms with Crippen LogP contribution in [0.5, 0.6) is 0 Å². The molecule has 0 aromatic rings. The van der Waals surface area contributed by atoms with Gasteiger partial charge in [-0.25, -0.2) is 8.42 Å². The van der Waals surface area contributed by atoms with Gasteiger partial charge >= 0.3 is 0 Å². The van der Waals surface area contributed by atoms with Crippen LogP contribution in [0.25, 0.3) is 0 Å². The predicted octanol–water partition coefficient (Wildman–Crippen LogP) is 0.00330. The fraction of sp³-hybridized carbons (Fsp3) is 1.00. The van der Waals surface area contributed by atoms with Gasteiger partial charge in [0.25, 0.3) is 0 Å². The number of ether oxygens (including phenoxy) is 1. The maximum Gasteiger partial charge on any atom is 0.152 e. The lowest BCUT2D eigenvalue weighted by Gasteiger charge is -2.39. The zero-order valence-electron chi connectivity index (χ0n) is 11.1. The summed E-state index contributed by atoms with van der Waals surface area (Å²) in [4.78, 5) is 2.12. The van der Waals surface area contributed by atoms with Crippen LogP contribution in [0.2, 0.25) is 0 Å². The molecule has 0 aromatic carbocycles. The largest absolute Gasteiger partial charge is 0.377 e. The highest BCUT2D eigenvalue weighted by molar-refractivity contribution is 7.91. The van der Waals surface area contributed by atoms with Gasteiger partial charge in [-0.05, 0) is 32.7 Å². The van der Waals surface area contributed by atoms with Crippen LogP contribution in [0.4, 0.5) is 0 Å². The smallest absolute Gasteiger partial charge is 0.152 e. The second kappa shape index (κ2) is 5.45. The summed E-state index contributed by atoms with van der Waals surface area (Å²) in [6, 6.07) is 0. The number of likely N-dealkylation sites (N-methyl/N-ethyl adjacent to an activating group) is 1. The van der Waals surface area contributed by atoms with Crippen molar-refractivity contribution in [1.82, 2.24) is 4.90 Å². The Bertz CT molecular complexity index is 379. The highest BCUT2D eigenvalue weighted by atomic mass is 32.2. The number of hydrogen-bond donors (Lipinski definition) is 1. The maximum absolute atomic E-state index is 11.7. The van der Waals surface area contributed by atoms with Crippen LogP contribution >= 0.6 is 0 Å². The van der Waals surface area contributed by atoms with Crippen LogP contribution in [0.1, 0.15) is 25.7 Å². The molecular formula is C12H24N2O3S. The van der Waals surface area contributed by atoms with Crippen molar-refractivity contribution in [2.45, 2.75) is 37.3 Å². The Morgan fingerprint density at radius 1 is 1.44 bits per heavy atom. The topological polar surface area (TPSA) is 72.6 Å². The van der Waals surface area contributed by atoms with E-state index in [0.29, 0.717) is 13.0 Å². The maximum atomic E-state index is 11.7. The van der Waals surface area contributed by atoms with Gasteiger partial charge in [0.1, 0.15) is 0 Å². The Kier molecular flexibility index (Phi) is 4.31. The van der Waals surface area contributed by atoms with Crippen molar-refractivity contribution in [2.24, 2.45) is 5.73 Å². The predicted molar refractivity (Wildman–Crippen MR) is 71.3 cm³/mol. The number of hydrogen-bond acceptors (Lipinski definition) is 5. The van der Waals surface area contributed by atoms with E-state index in [4.69, 9.17) is 10.5 Å². The van der Waals surface area contributed by atoms with E-state index in [0.717, 1.165) is 26.0 Å². The zero-order valence-corrected chi connectivity index (χ0v) is 11.9.